The number of amides is 2. The number of ether oxygens (including phenoxy) is 1. The van der Waals surface area contributed by atoms with Gasteiger partial charge in [0.1, 0.15) is 0 Å². The van der Waals surface area contributed by atoms with E-state index in [0.29, 0.717) is 6.54 Å². The summed E-state index contributed by atoms with van der Waals surface area (Å²) in [6, 6.07) is 12.0. The van der Waals surface area contributed by atoms with Gasteiger partial charge in [-0.25, -0.2) is 4.79 Å². The molecule has 1 aliphatic rings. The second-order valence-electron chi connectivity index (χ2n) is 5.88. The number of morpholine rings is 1. The maximum Gasteiger partial charge on any atom is 0.319 e. The summed E-state index contributed by atoms with van der Waals surface area (Å²) in [6.45, 7) is 5.87. The van der Waals surface area contributed by atoms with Gasteiger partial charge >= 0.3 is 6.03 Å². The highest BCUT2D eigenvalue weighted by molar-refractivity contribution is 7.10. The van der Waals surface area contributed by atoms with E-state index < -0.39 is 0 Å². The van der Waals surface area contributed by atoms with E-state index >= 15 is 0 Å². The van der Waals surface area contributed by atoms with Crippen LogP contribution in [0, 0.1) is 6.92 Å². The summed E-state index contributed by atoms with van der Waals surface area (Å²) < 4.78 is 5.45. The lowest BCUT2D eigenvalue weighted by Gasteiger charge is -2.34. The molecule has 5 nitrogen and oxygen atoms in total. The smallest absolute Gasteiger partial charge is 0.319 e. The second kappa shape index (κ2) is 8.28. The highest BCUT2D eigenvalue weighted by Gasteiger charge is 2.23. The van der Waals surface area contributed by atoms with Crippen molar-refractivity contribution in [2.24, 2.45) is 0 Å². The molecule has 128 valence electrons. The predicted molar refractivity (Wildman–Crippen MR) is 97.7 cm³/mol. The standard InChI is InChI=1S/C18H23N3O2S/c1-14-4-2-5-15(12-14)20-18(22)19-13-16(17-6-3-11-24-17)21-7-9-23-10-8-21/h2-6,11-12,16H,7-10,13H2,1H3,(H2,19,20,22)/t16-/m1/s1. The largest absolute Gasteiger partial charge is 0.379 e. The van der Waals surface area contributed by atoms with E-state index in [2.05, 4.69) is 33.0 Å². The van der Waals surface area contributed by atoms with E-state index in [1.807, 2.05) is 31.2 Å². The Balaban J connectivity index is 1.59. The van der Waals surface area contributed by atoms with Crippen LogP contribution in [0.2, 0.25) is 0 Å². The van der Waals surface area contributed by atoms with Gasteiger partial charge in [0.05, 0.1) is 19.3 Å². The van der Waals surface area contributed by atoms with E-state index in [-0.39, 0.29) is 12.1 Å². The Morgan fingerprint density at radius 1 is 1.29 bits per heavy atom. The number of thiophene rings is 1. The maximum atomic E-state index is 12.2. The fraction of sp³-hybridized carbons (Fsp3) is 0.389. The Morgan fingerprint density at radius 3 is 2.83 bits per heavy atom. The van der Waals surface area contributed by atoms with Crippen LogP contribution in [-0.4, -0.2) is 43.8 Å². The van der Waals surface area contributed by atoms with Crippen molar-refractivity contribution < 1.29 is 9.53 Å². The number of carbonyl (C=O) groups is 1. The lowest BCUT2D eigenvalue weighted by atomic mass is 10.2. The molecule has 0 saturated carbocycles. The molecule has 2 amide bonds. The van der Waals surface area contributed by atoms with Crippen molar-refractivity contribution in [3.8, 4) is 0 Å². The first-order chi connectivity index (χ1) is 11.7. The van der Waals surface area contributed by atoms with Crippen molar-refractivity contribution in [1.29, 1.82) is 0 Å². The van der Waals surface area contributed by atoms with Crippen LogP contribution in [0.3, 0.4) is 0 Å². The first-order valence-corrected chi connectivity index (χ1v) is 9.07. The number of rotatable bonds is 5. The van der Waals surface area contributed by atoms with Gasteiger partial charge in [0.25, 0.3) is 0 Å². The molecular formula is C18H23N3O2S. The van der Waals surface area contributed by atoms with Gasteiger partial charge in [-0.1, -0.05) is 18.2 Å². The SMILES string of the molecule is Cc1cccc(NC(=O)NC[C@H](c2cccs2)N2CCOCC2)c1. The Morgan fingerprint density at radius 2 is 2.12 bits per heavy atom. The Labute approximate surface area is 146 Å². The summed E-state index contributed by atoms with van der Waals surface area (Å²) in [5, 5.41) is 7.99. The molecule has 24 heavy (non-hydrogen) atoms. The molecule has 3 rings (SSSR count). The zero-order chi connectivity index (χ0) is 16.8. The van der Waals surface area contributed by atoms with Crippen molar-refractivity contribution in [3.05, 3.63) is 52.2 Å². The predicted octanol–water partition coefficient (Wildman–Crippen LogP) is 3.25. The van der Waals surface area contributed by atoms with Crippen molar-refractivity contribution in [3.63, 3.8) is 0 Å². The quantitative estimate of drug-likeness (QED) is 0.875. The molecule has 1 aliphatic heterocycles. The summed E-state index contributed by atoms with van der Waals surface area (Å²) in [6.07, 6.45) is 0. The summed E-state index contributed by atoms with van der Waals surface area (Å²) in [4.78, 5) is 15.9. The van der Waals surface area contributed by atoms with Crippen LogP contribution in [0.4, 0.5) is 10.5 Å². The lowest BCUT2D eigenvalue weighted by molar-refractivity contribution is 0.0175. The number of hydrogen-bond acceptors (Lipinski definition) is 4. The van der Waals surface area contributed by atoms with E-state index in [1.54, 1.807) is 11.3 Å². The number of anilines is 1. The molecule has 0 bridgehead atoms. The summed E-state index contributed by atoms with van der Waals surface area (Å²) in [7, 11) is 0. The molecular weight excluding hydrogens is 322 g/mol. The van der Waals surface area contributed by atoms with Gasteiger partial charge in [-0.15, -0.1) is 11.3 Å². The minimum atomic E-state index is -0.171. The first kappa shape index (κ1) is 17.0. The molecule has 0 aliphatic carbocycles. The Kier molecular flexibility index (Phi) is 5.85. The zero-order valence-electron chi connectivity index (χ0n) is 13.8. The van der Waals surface area contributed by atoms with Gasteiger partial charge in [-0.3, -0.25) is 4.90 Å². The van der Waals surface area contributed by atoms with Gasteiger partial charge in [0.2, 0.25) is 0 Å². The number of nitrogens with zero attached hydrogens (tertiary/aromatic N) is 1. The number of hydrogen-bond donors (Lipinski definition) is 2. The number of nitrogens with one attached hydrogen (secondary N) is 2. The molecule has 1 aromatic heterocycles. The van der Waals surface area contributed by atoms with Gasteiger partial charge in [-0.2, -0.15) is 0 Å². The van der Waals surface area contributed by atoms with Crippen LogP contribution in [-0.2, 0) is 4.74 Å². The van der Waals surface area contributed by atoms with E-state index in [0.717, 1.165) is 37.6 Å². The molecule has 0 unspecified atom stereocenters. The first-order valence-electron chi connectivity index (χ1n) is 8.19. The third kappa shape index (κ3) is 4.56. The van der Waals surface area contributed by atoms with Crippen molar-refractivity contribution in [2.45, 2.75) is 13.0 Å². The fourth-order valence-corrected chi connectivity index (χ4v) is 3.73. The lowest BCUT2D eigenvalue weighted by Crippen LogP contribution is -2.44. The number of benzene rings is 1. The topological polar surface area (TPSA) is 53.6 Å². The molecule has 2 N–H and O–H groups in total. The van der Waals surface area contributed by atoms with E-state index in [9.17, 15) is 4.79 Å². The minimum Gasteiger partial charge on any atom is -0.379 e. The summed E-state index contributed by atoms with van der Waals surface area (Å²) in [5.74, 6) is 0. The third-order valence-corrected chi connectivity index (χ3v) is 5.06. The molecule has 1 saturated heterocycles. The average molecular weight is 345 g/mol. The van der Waals surface area contributed by atoms with Crippen LogP contribution in [0.25, 0.3) is 0 Å². The molecule has 0 spiro atoms. The van der Waals surface area contributed by atoms with Gasteiger partial charge < -0.3 is 15.4 Å². The fourth-order valence-electron chi connectivity index (χ4n) is 2.87. The van der Waals surface area contributed by atoms with Crippen LogP contribution in [0.15, 0.2) is 41.8 Å². The van der Waals surface area contributed by atoms with Crippen LogP contribution < -0.4 is 10.6 Å². The molecule has 2 heterocycles. The van der Waals surface area contributed by atoms with E-state index in [4.69, 9.17) is 4.74 Å². The van der Waals surface area contributed by atoms with Gasteiger partial charge in [0.15, 0.2) is 0 Å². The van der Waals surface area contributed by atoms with Crippen molar-refractivity contribution in [2.75, 3.05) is 38.2 Å². The molecule has 1 atom stereocenters. The minimum absolute atomic E-state index is 0.171. The Bertz CT molecular complexity index is 654. The van der Waals surface area contributed by atoms with Crippen molar-refractivity contribution >= 4 is 23.1 Å². The van der Waals surface area contributed by atoms with Crippen LogP contribution in [0.1, 0.15) is 16.5 Å². The van der Waals surface area contributed by atoms with Crippen LogP contribution in [0.5, 0.6) is 0 Å². The third-order valence-electron chi connectivity index (χ3n) is 4.09. The second-order valence-corrected chi connectivity index (χ2v) is 6.86. The van der Waals surface area contributed by atoms with Gasteiger partial charge in [-0.05, 0) is 36.1 Å². The number of aryl methyl sites for hydroxylation is 1. The average Bonchev–Trinajstić information content (AvgIpc) is 3.10. The van der Waals surface area contributed by atoms with Crippen molar-refractivity contribution in [1.82, 2.24) is 10.2 Å². The number of carbonyl (C=O) groups excluding carboxylic acids is 1. The van der Waals surface area contributed by atoms with Crippen LogP contribution >= 0.6 is 11.3 Å². The molecule has 1 aromatic carbocycles. The molecule has 2 aromatic rings. The Hall–Kier alpha value is -1.89. The highest BCUT2D eigenvalue weighted by atomic mass is 32.1. The molecule has 6 heteroatoms. The monoisotopic (exact) mass is 345 g/mol. The summed E-state index contributed by atoms with van der Waals surface area (Å²) in [5.41, 5.74) is 1.93. The maximum absolute atomic E-state index is 12.2. The summed E-state index contributed by atoms with van der Waals surface area (Å²) >= 11 is 1.73. The van der Waals surface area contributed by atoms with Gasteiger partial charge in [0, 0.05) is 30.2 Å². The molecule has 0 radical (unpaired) electrons. The molecule has 1 fully saturated rings. The zero-order valence-corrected chi connectivity index (χ0v) is 14.6. The highest BCUT2D eigenvalue weighted by Crippen LogP contribution is 2.25. The normalized spacial score (nSPS) is 16.5. The van der Waals surface area contributed by atoms with E-state index in [1.165, 1.54) is 4.88 Å². The number of urea groups is 1.